The molecule has 1 aliphatic heterocycles. The molecule has 1 aliphatic carbocycles. The quantitative estimate of drug-likeness (QED) is 0.909. The van der Waals surface area contributed by atoms with E-state index in [1.165, 1.54) is 12.1 Å². The summed E-state index contributed by atoms with van der Waals surface area (Å²) >= 11 is 0. The first-order valence-electron chi connectivity index (χ1n) is 9.11. The average Bonchev–Trinajstić information content (AvgIpc) is 3.42. The fourth-order valence-corrected chi connectivity index (χ4v) is 3.29. The average molecular weight is 347 g/mol. The van der Waals surface area contributed by atoms with E-state index in [9.17, 15) is 14.0 Å². The zero-order valence-electron chi connectivity index (χ0n) is 14.8. The lowest BCUT2D eigenvalue weighted by molar-refractivity contribution is -0.132. The van der Waals surface area contributed by atoms with Crippen LogP contribution in [-0.4, -0.2) is 54.5 Å². The maximum Gasteiger partial charge on any atom is 0.317 e. The van der Waals surface area contributed by atoms with Gasteiger partial charge in [0.2, 0.25) is 5.91 Å². The fraction of sp³-hybridized carbons (Fsp3) is 0.579. The normalized spacial score (nSPS) is 18.0. The third kappa shape index (κ3) is 4.71. The van der Waals surface area contributed by atoms with Crippen molar-refractivity contribution in [3.05, 3.63) is 35.1 Å². The van der Waals surface area contributed by atoms with Gasteiger partial charge in [0.15, 0.2) is 0 Å². The molecule has 3 amide bonds. The summed E-state index contributed by atoms with van der Waals surface area (Å²) in [7, 11) is 0. The Morgan fingerprint density at radius 3 is 2.60 bits per heavy atom. The van der Waals surface area contributed by atoms with Crippen LogP contribution in [-0.2, 0) is 11.2 Å². The van der Waals surface area contributed by atoms with Gasteiger partial charge >= 0.3 is 6.03 Å². The summed E-state index contributed by atoms with van der Waals surface area (Å²) < 4.78 is 13.1. The first-order valence-corrected chi connectivity index (χ1v) is 9.11. The molecular formula is C19H26FN3O2. The highest BCUT2D eigenvalue weighted by atomic mass is 19.1. The van der Waals surface area contributed by atoms with E-state index in [-0.39, 0.29) is 23.7 Å². The van der Waals surface area contributed by atoms with Crippen LogP contribution < -0.4 is 5.32 Å². The molecular weight excluding hydrogens is 321 g/mol. The van der Waals surface area contributed by atoms with Crippen LogP contribution in [0.5, 0.6) is 0 Å². The number of carbonyl (C=O) groups excluding carboxylic acids is 2. The van der Waals surface area contributed by atoms with Crippen molar-refractivity contribution in [3.8, 4) is 0 Å². The van der Waals surface area contributed by atoms with Crippen LogP contribution in [0.15, 0.2) is 18.2 Å². The minimum Gasteiger partial charge on any atom is -0.341 e. The highest BCUT2D eigenvalue weighted by molar-refractivity contribution is 5.81. The van der Waals surface area contributed by atoms with E-state index in [0.717, 1.165) is 36.9 Å². The Morgan fingerprint density at radius 2 is 1.88 bits per heavy atom. The smallest absolute Gasteiger partial charge is 0.317 e. The van der Waals surface area contributed by atoms with E-state index in [1.54, 1.807) is 11.0 Å². The van der Waals surface area contributed by atoms with E-state index in [2.05, 4.69) is 5.32 Å². The number of hydrogen-bond donors (Lipinski definition) is 1. The molecule has 0 spiro atoms. The van der Waals surface area contributed by atoms with Crippen LogP contribution in [0.3, 0.4) is 0 Å². The summed E-state index contributed by atoms with van der Waals surface area (Å²) in [6.45, 7) is 5.02. The molecule has 6 heteroatoms. The molecule has 0 aromatic heterocycles. The maximum absolute atomic E-state index is 13.1. The SMILES string of the molecule is Cc1cc(F)ccc1CCNC(=O)N1CCCN(C(=O)C2CC2)CC1. The Morgan fingerprint density at radius 1 is 1.16 bits per heavy atom. The van der Waals surface area contributed by atoms with Gasteiger partial charge in [-0.1, -0.05) is 6.07 Å². The lowest BCUT2D eigenvalue weighted by Crippen LogP contribution is -2.43. The molecule has 1 aromatic carbocycles. The lowest BCUT2D eigenvalue weighted by Gasteiger charge is -2.22. The molecule has 0 unspecified atom stereocenters. The molecule has 1 N–H and O–H groups in total. The van der Waals surface area contributed by atoms with Crippen LogP contribution >= 0.6 is 0 Å². The number of rotatable bonds is 4. The third-order valence-electron chi connectivity index (χ3n) is 5.00. The van der Waals surface area contributed by atoms with Crippen molar-refractivity contribution in [1.29, 1.82) is 0 Å². The summed E-state index contributed by atoms with van der Waals surface area (Å²) in [5.74, 6) is 0.258. The number of hydrogen-bond acceptors (Lipinski definition) is 2. The van der Waals surface area contributed by atoms with Crippen LogP contribution in [0.1, 0.15) is 30.4 Å². The zero-order valence-corrected chi connectivity index (χ0v) is 14.8. The summed E-state index contributed by atoms with van der Waals surface area (Å²) in [5.41, 5.74) is 1.94. The monoisotopic (exact) mass is 347 g/mol. The molecule has 136 valence electrons. The van der Waals surface area contributed by atoms with Gasteiger partial charge < -0.3 is 15.1 Å². The number of carbonyl (C=O) groups is 2. The Labute approximate surface area is 148 Å². The van der Waals surface area contributed by atoms with Gasteiger partial charge in [-0.2, -0.15) is 0 Å². The van der Waals surface area contributed by atoms with Crippen LogP contribution in [0.2, 0.25) is 0 Å². The molecule has 2 fully saturated rings. The Hall–Kier alpha value is -2.11. The predicted molar refractivity (Wildman–Crippen MR) is 93.7 cm³/mol. The van der Waals surface area contributed by atoms with Gasteiger partial charge in [0.05, 0.1) is 0 Å². The molecule has 2 aliphatic rings. The van der Waals surface area contributed by atoms with Crippen molar-refractivity contribution in [1.82, 2.24) is 15.1 Å². The van der Waals surface area contributed by atoms with Crippen LogP contribution in [0.25, 0.3) is 0 Å². The summed E-state index contributed by atoms with van der Waals surface area (Å²) in [6, 6.07) is 4.65. The molecule has 1 saturated carbocycles. The van der Waals surface area contributed by atoms with E-state index in [0.29, 0.717) is 32.6 Å². The van der Waals surface area contributed by atoms with Crippen LogP contribution in [0.4, 0.5) is 9.18 Å². The molecule has 0 radical (unpaired) electrons. The molecule has 0 atom stereocenters. The number of amides is 3. The second kappa shape index (κ2) is 7.85. The predicted octanol–water partition coefficient (Wildman–Crippen LogP) is 2.33. The van der Waals surface area contributed by atoms with E-state index in [1.807, 2.05) is 11.8 Å². The van der Waals surface area contributed by atoms with E-state index < -0.39 is 0 Å². The molecule has 1 saturated heterocycles. The first-order chi connectivity index (χ1) is 12.0. The number of nitrogens with zero attached hydrogens (tertiary/aromatic N) is 2. The number of benzene rings is 1. The number of aryl methyl sites for hydroxylation is 1. The fourth-order valence-electron chi connectivity index (χ4n) is 3.29. The summed E-state index contributed by atoms with van der Waals surface area (Å²) in [5, 5.41) is 2.94. The minimum atomic E-state index is -0.236. The summed E-state index contributed by atoms with van der Waals surface area (Å²) in [4.78, 5) is 28.2. The van der Waals surface area contributed by atoms with Crippen molar-refractivity contribution in [2.24, 2.45) is 5.92 Å². The first kappa shape index (κ1) is 17.7. The largest absolute Gasteiger partial charge is 0.341 e. The molecule has 3 rings (SSSR count). The number of urea groups is 1. The van der Waals surface area contributed by atoms with Gasteiger partial charge in [-0.05, 0) is 55.9 Å². The van der Waals surface area contributed by atoms with Crippen molar-refractivity contribution < 1.29 is 14.0 Å². The van der Waals surface area contributed by atoms with Gasteiger partial charge in [0, 0.05) is 38.6 Å². The van der Waals surface area contributed by atoms with Crippen molar-refractivity contribution in [3.63, 3.8) is 0 Å². The van der Waals surface area contributed by atoms with E-state index in [4.69, 9.17) is 0 Å². The summed E-state index contributed by atoms with van der Waals surface area (Å²) in [6.07, 6.45) is 3.53. The zero-order chi connectivity index (χ0) is 17.8. The number of nitrogens with one attached hydrogen (secondary N) is 1. The van der Waals surface area contributed by atoms with Gasteiger partial charge in [-0.15, -0.1) is 0 Å². The highest BCUT2D eigenvalue weighted by Gasteiger charge is 2.34. The highest BCUT2D eigenvalue weighted by Crippen LogP contribution is 2.31. The van der Waals surface area contributed by atoms with Gasteiger partial charge in [0.25, 0.3) is 0 Å². The molecule has 5 nitrogen and oxygen atoms in total. The van der Waals surface area contributed by atoms with Gasteiger partial charge in [0.1, 0.15) is 5.82 Å². The van der Waals surface area contributed by atoms with E-state index >= 15 is 0 Å². The van der Waals surface area contributed by atoms with Crippen molar-refractivity contribution in [2.45, 2.75) is 32.6 Å². The second-order valence-corrected chi connectivity index (χ2v) is 6.99. The molecule has 25 heavy (non-hydrogen) atoms. The molecule has 0 bridgehead atoms. The van der Waals surface area contributed by atoms with Gasteiger partial charge in [-0.3, -0.25) is 4.79 Å². The van der Waals surface area contributed by atoms with Crippen LogP contribution in [0, 0.1) is 18.7 Å². The van der Waals surface area contributed by atoms with Crippen molar-refractivity contribution >= 4 is 11.9 Å². The topological polar surface area (TPSA) is 52.7 Å². The lowest BCUT2D eigenvalue weighted by atomic mass is 10.1. The van der Waals surface area contributed by atoms with Crippen molar-refractivity contribution in [2.75, 3.05) is 32.7 Å². The Bertz CT molecular complexity index is 646. The molecule has 1 heterocycles. The minimum absolute atomic E-state index is 0.0829. The molecule has 1 aromatic rings. The standard InChI is InChI=1S/C19H26FN3O2/c1-14-13-17(20)6-5-15(14)7-8-21-19(25)23-10-2-9-22(11-12-23)18(24)16-3-4-16/h5-6,13,16H,2-4,7-12H2,1H3,(H,21,25). The third-order valence-corrected chi connectivity index (χ3v) is 5.00. The second-order valence-electron chi connectivity index (χ2n) is 6.99. The van der Waals surface area contributed by atoms with Gasteiger partial charge in [-0.25, -0.2) is 9.18 Å². The Kier molecular flexibility index (Phi) is 5.56. The Balaban J connectivity index is 1.44. The number of halogens is 1. The maximum atomic E-state index is 13.1.